The van der Waals surface area contributed by atoms with E-state index in [4.69, 9.17) is 14.5 Å². The molecular formula is C23H26N4O2. The molecule has 3 aromatic rings. The first-order valence-electron chi connectivity index (χ1n) is 10.2. The average Bonchev–Trinajstić information content (AvgIpc) is 3.19. The summed E-state index contributed by atoms with van der Waals surface area (Å²) in [6.07, 6.45) is 7.06. The number of fused-ring (bicyclic) bond motifs is 2. The lowest BCUT2D eigenvalue weighted by Gasteiger charge is -2.41. The monoisotopic (exact) mass is 390 g/mol. The van der Waals surface area contributed by atoms with E-state index in [0.717, 1.165) is 54.9 Å². The van der Waals surface area contributed by atoms with Gasteiger partial charge in [0.15, 0.2) is 11.5 Å². The third-order valence-corrected chi connectivity index (χ3v) is 6.05. The Labute approximate surface area is 170 Å². The van der Waals surface area contributed by atoms with Gasteiger partial charge < -0.3 is 19.7 Å². The molecule has 150 valence electrons. The Morgan fingerprint density at radius 3 is 2.72 bits per heavy atom. The standard InChI is InChI=1S/C23H26N4O2/c1-28-21-9-18-20(10-22(21)29-2)26-19-7-3-6-17(19)23(18)25-11-15-13-27(14-15)16-5-4-8-24-12-16/h4-5,8-10,12,15H,3,6-7,11,13-14H2,1-2H3,(H,25,26). The number of nitrogens with one attached hydrogen (secondary N) is 1. The molecule has 0 bridgehead atoms. The number of pyridine rings is 2. The third kappa shape index (κ3) is 3.22. The summed E-state index contributed by atoms with van der Waals surface area (Å²) in [5.74, 6) is 2.09. The number of ether oxygens (including phenoxy) is 2. The van der Waals surface area contributed by atoms with Crippen molar-refractivity contribution in [2.75, 3.05) is 44.1 Å². The predicted octanol–water partition coefficient (Wildman–Crippen LogP) is 3.68. The molecule has 2 aliphatic rings. The van der Waals surface area contributed by atoms with Crippen LogP contribution in [0.25, 0.3) is 10.9 Å². The molecule has 1 fully saturated rings. The highest BCUT2D eigenvalue weighted by Gasteiger charge is 2.28. The third-order valence-electron chi connectivity index (χ3n) is 6.05. The van der Waals surface area contributed by atoms with Gasteiger partial charge in [-0.25, -0.2) is 0 Å². The van der Waals surface area contributed by atoms with Crippen molar-refractivity contribution >= 4 is 22.3 Å². The van der Waals surface area contributed by atoms with Crippen LogP contribution in [0.3, 0.4) is 0 Å². The smallest absolute Gasteiger partial charge is 0.162 e. The summed E-state index contributed by atoms with van der Waals surface area (Å²) < 4.78 is 11.0. The van der Waals surface area contributed by atoms with Crippen molar-refractivity contribution < 1.29 is 9.47 Å². The minimum Gasteiger partial charge on any atom is -0.493 e. The molecule has 0 atom stereocenters. The summed E-state index contributed by atoms with van der Waals surface area (Å²) in [6.45, 7) is 3.07. The molecule has 1 aromatic carbocycles. The lowest BCUT2D eigenvalue weighted by atomic mass is 9.98. The van der Waals surface area contributed by atoms with Crippen LogP contribution in [0, 0.1) is 5.92 Å². The van der Waals surface area contributed by atoms with Gasteiger partial charge in [-0.2, -0.15) is 0 Å². The van der Waals surface area contributed by atoms with E-state index in [0.29, 0.717) is 5.92 Å². The van der Waals surface area contributed by atoms with Gasteiger partial charge in [0, 0.05) is 54.6 Å². The predicted molar refractivity (Wildman–Crippen MR) is 115 cm³/mol. The fraction of sp³-hybridized carbons (Fsp3) is 0.391. The highest BCUT2D eigenvalue weighted by Crippen LogP contribution is 2.39. The second-order valence-electron chi connectivity index (χ2n) is 7.85. The first-order valence-corrected chi connectivity index (χ1v) is 10.2. The van der Waals surface area contributed by atoms with Gasteiger partial charge in [0.05, 0.1) is 31.6 Å². The molecule has 2 aromatic heterocycles. The summed E-state index contributed by atoms with van der Waals surface area (Å²) in [4.78, 5) is 11.5. The topological polar surface area (TPSA) is 59.5 Å². The van der Waals surface area contributed by atoms with Gasteiger partial charge in [-0.15, -0.1) is 0 Å². The average molecular weight is 390 g/mol. The molecule has 6 heteroatoms. The number of benzene rings is 1. The molecule has 0 unspecified atom stereocenters. The Bertz CT molecular complexity index is 1030. The van der Waals surface area contributed by atoms with Crippen LogP contribution in [0.15, 0.2) is 36.7 Å². The summed E-state index contributed by atoms with van der Waals surface area (Å²) >= 11 is 0. The number of hydrogen-bond acceptors (Lipinski definition) is 6. The highest BCUT2D eigenvalue weighted by molar-refractivity contribution is 5.96. The molecule has 0 spiro atoms. The zero-order valence-electron chi connectivity index (χ0n) is 16.9. The summed E-state index contributed by atoms with van der Waals surface area (Å²) in [5, 5.41) is 4.89. The number of rotatable bonds is 6. The second kappa shape index (κ2) is 7.43. The van der Waals surface area contributed by atoms with E-state index in [9.17, 15) is 0 Å². The number of hydrogen-bond donors (Lipinski definition) is 1. The SMILES string of the molecule is COc1cc2nc3c(c(NCC4CN(c5cccnc5)C4)c2cc1OC)CCC3. The van der Waals surface area contributed by atoms with E-state index in [1.54, 1.807) is 14.2 Å². The molecule has 1 aliphatic heterocycles. The van der Waals surface area contributed by atoms with E-state index in [1.807, 2.05) is 24.5 Å². The number of methoxy groups -OCH3 is 2. The first kappa shape index (κ1) is 18.0. The zero-order chi connectivity index (χ0) is 19.8. The van der Waals surface area contributed by atoms with Crippen molar-refractivity contribution in [2.45, 2.75) is 19.3 Å². The Morgan fingerprint density at radius 1 is 1.14 bits per heavy atom. The largest absolute Gasteiger partial charge is 0.493 e. The Kier molecular flexibility index (Phi) is 4.62. The number of aryl methyl sites for hydroxylation is 1. The van der Waals surface area contributed by atoms with Crippen LogP contribution in [0.2, 0.25) is 0 Å². The van der Waals surface area contributed by atoms with Gasteiger partial charge >= 0.3 is 0 Å². The molecule has 1 aliphatic carbocycles. The molecule has 6 nitrogen and oxygen atoms in total. The minimum absolute atomic E-state index is 0.621. The highest BCUT2D eigenvalue weighted by atomic mass is 16.5. The molecule has 5 rings (SSSR count). The zero-order valence-corrected chi connectivity index (χ0v) is 16.9. The van der Waals surface area contributed by atoms with Crippen molar-refractivity contribution in [3.63, 3.8) is 0 Å². The van der Waals surface area contributed by atoms with Gasteiger partial charge in [0.1, 0.15) is 0 Å². The maximum Gasteiger partial charge on any atom is 0.162 e. The van der Waals surface area contributed by atoms with Crippen LogP contribution >= 0.6 is 0 Å². The van der Waals surface area contributed by atoms with Gasteiger partial charge in [-0.3, -0.25) is 9.97 Å². The van der Waals surface area contributed by atoms with E-state index in [-0.39, 0.29) is 0 Å². The fourth-order valence-corrected chi connectivity index (χ4v) is 4.49. The van der Waals surface area contributed by atoms with Gasteiger partial charge in [-0.05, 0) is 43.0 Å². The minimum atomic E-state index is 0.621. The second-order valence-corrected chi connectivity index (χ2v) is 7.85. The van der Waals surface area contributed by atoms with E-state index in [1.165, 1.54) is 29.1 Å². The van der Waals surface area contributed by atoms with Crippen molar-refractivity contribution in [3.05, 3.63) is 47.9 Å². The maximum atomic E-state index is 5.55. The summed E-state index contributed by atoms with van der Waals surface area (Å²) in [7, 11) is 3.35. The van der Waals surface area contributed by atoms with Gasteiger partial charge in [-0.1, -0.05) is 0 Å². The van der Waals surface area contributed by atoms with Crippen molar-refractivity contribution in [2.24, 2.45) is 5.92 Å². The number of aromatic nitrogens is 2. The summed E-state index contributed by atoms with van der Waals surface area (Å²) in [5.41, 5.74) is 5.99. The van der Waals surface area contributed by atoms with Crippen LogP contribution in [0.1, 0.15) is 17.7 Å². The normalized spacial score (nSPS) is 15.9. The van der Waals surface area contributed by atoms with Crippen molar-refractivity contribution in [1.29, 1.82) is 0 Å². The molecule has 0 saturated carbocycles. The lowest BCUT2D eigenvalue weighted by molar-refractivity contribution is 0.356. The molecule has 29 heavy (non-hydrogen) atoms. The van der Waals surface area contributed by atoms with Crippen LogP contribution in [0.5, 0.6) is 11.5 Å². The molecule has 0 radical (unpaired) electrons. The summed E-state index contributed by atoms with van der Waals surface area (Å²) in [6, 6.07) is 8.17. The lowest BCUT2D eigenvalue weighted by Crippen LogP contribution is -2.49. The number of nitrogens with zero attached hydrogens (tertiary/aromatic N) is 3. The number of anilines is 2. The fourth-order valence-electron chi connectivity index (χ4n) is 4.49. The van der Waals surface area contributed by atoms with E-state index < -0.39 is 0 Å². The van der Waals surface area contributed by atoms with Crippen molar-refractivity contribution in [1.82, 2.24) is 9.97 Å². The molecule has 0 amide bonds. The Hall–Kier alpha value is -3.02. The van der Waals surface area contributed by atoms with Crippen LogP contribution in [-0.2, 0) is 12.8 Å². The molecule has 1 saturated heterocycles. The molecule has 3 heterocycles. The maximum absolute atomic E-state index is 5.55. The van der Waals surface area contributed by atoms with Crippen molar-refractivity contribution in [3.8, 4) is 11.5 Å². The Morgan fingerprint density at radius 2 is 1.97 bits per heavy atom. The van der Waals surface area contributed by atoms with Crippen LogP contribution in [0.4, 0.5) is 11.4 Å². The quantitative estimate of drug-likeness (QED) is 0.693. The molecule has 1 N–H and O–H groups in total. The Balaban J connectivity index is 1.39. The van der Waals surface area contributed by atoms with Gasteiger partial charge in [0.25, 0.3) is 0 Å². The molecular weight excluding hydrogens is 364 g/mol. The first-order chi connectivity index (χ1) is 14.3. The van der Waals surface area contributed by atoms with Gasteiger partial charge in [0.2, 0.25) is 0 Å². The van der Waals surface area contributed by atoms with Crippen LogP contribution < -0.4 is 19.7 Å². The van der Waals surface area contributed by atoms with E-state index in [2.05, 4.69) is 27.3 Å². The van der Waals surface area contributed by atoms with E-state index >= 15 is 0 Å². The van der Waals surface area contributed by atoms with Crippen LogP contribution in [-0.4, -0.2) is 43.8 Å².